The van der Waals surface area contributed by atoms with E-state index in [1.165, 1.54) is 6.26 Å². The van der Waals surface area contributed by atoms with Crippen LogP contribution in [0.3, 0.4) is 0 Å². The smallest absolute Gasteiger partial charge is 0.164 e. The molecule has 0 aromatic rings. The van der Waals surface area contributed by atoms with Gasteiger partial charge in [-0.1, -0.05) is 0 Å². The lowest BCUT2D eigenvalue weighted by atomic mass is 10.4. The summed E-state index contributed by atoms with van der Waals surface area (Å²) in [5.41, 5.74) is 0. The van der Waals surface area contributed by atoms with Crippen LogP contribution in [0.1, 0.15) is 12.8 Å². The quantitative estimate of drug-likeness (QED) is 0.515. The van der Waals surface area contributed by atoms with Gasteiger partial charge in [-0.3, -0.25) is 0 Å². The fourth-order valence-electron chi connectivity index (χ4n) is 0.942. The molecule has 1 heterocycles. The lowest BCUT2D eigenvalue weighted by molar-refractivity contribution is 0.576. The van der Waals surface area contributed by atoms with Gasteiger partial charge in [0.05, 0.1) is 0 Å². The summed E-state index contributed by atoms with van der Waals surface area (Å²) < 4.78 is 21.5. The van der Waals surface area contributed by atoms with Crippen molar-refractivity contribution >= 4 is 9.84 Å². The van der Waals surface area contributed by atoms with Crippen LogP contribution in [0.2, 0.25) is 0 Å². The number of sulfone groups is 1. The van der Waals surface area contributed by atoms with Crippen LogP contribution >= 0.6 is 0 Å². The maximum atomic E-state index is 10.7. The Balaban J connectivity index is 2.63. The summed E-state index contributed by atoms with van der Waals surface area (Å²) in [6.45, 7) is 0.720. The highest BCUT2D eigenvalue weighted by Crippen LogP contribution is 2.11. The van der Waals surface area contributed by atoms with Gasteiger partial charge in [0, 0.05) is 12.8 Å². The van der Waals surface area contributed by atoms with Crippen LogP contribution in [-0.2, 0) is 9.84 Å². The fraction of sp³-hybridized carbons (Fsp3) is 1.00. The summed E-state index contributed by atoms with van der Waals surface area (Å²) in [6.07, 6.45) is 2.89. The number of rotatable bonds is 1. The Morgan fingerprint density at radius 1 is 1.56 bits per heavy atom. The third-order valence-corrected chi connectivity index (χ3v) is 2.81. The molecule has 0 N–H and O–H groups in total. The van der Waals surface area contributed by atoms with Gasteiger partial charge in [0.2, 0.25) is 0 Å². The van der Waals surface area contributed by atoms with Gasteiger partial charge in [0.15, 0.2) is 9.84 Å². The van der Waals surface area contributed by atoms with Gasteiger partial charge in [-0.05, 0) is 12.8 Å². The summed E-state index contributed by atoms with van der Waals surface area (Å²) in [7, 11) is -2.87. The van der Waals surface area contributed by atoms with Crippen molar-refractivity contribution < 1.29 is 8.42 Å². The van der Waals surface area contributed by atoms with Crippen LogP contribution in [0, 0.1) is 0 Å². The summed E-state index contributed by atoms with van der Waals surface area (Å²) >= 11 is 0. The molecular formula is C5H10NO2S. The molecule has 0 aromatic heterocycles. The minimum absolute atomic E-state index is 0.391. The summed E-state index contributed by atoms with van der Waals surface area (Å²) in [5, 5.41) is 3.53. The van der Waals surface area contributed by atoms with Crippen LogP contribution in [0.4, 0.5) is 0 Å². The molecule has 53 valence electrons. The largest absolute Gasteiger partial charge is 0.227 e. The highest BCUT2D eigenvalue weighted by atomic mass is 32.2. The summed E-state index contributed by atoms with van der Waals surface area (Å²) in [4.78, 5) is 0. The number of nitrogens with zero attached hydrogens (tertiary/aromatic N) is 1. The minimum Gasteiger partial charge on any atom is -0.227 e. The van der Waals surface area contributed by atoms with Crippen molar-refractivity contribution in [3.8, 4) is 0 Å². The molecule has 1 saturated heterocycles. The Morgan fingerprint density at radius 3 is 2.44 bits per heavy atom. The van der Waals surface area contributed by atoms with Crippen LogP contribution in [0.15, 0.2) is 0 Å². The zero-order chi connectivity index (χ0) is 6.91. The monoisotopic (exact) mass is 148 g/mol. The Kier molecular flexibility index (Phi) is 1.77. The normalized spacial score (nSPS) is 28.8. The highest BCUT2D eigenvalue weighted by Gasteiger charge is 2.24. The van der Waals surface area contributed by atoms with Crippen LogP contribution < -0.4 is 5.32 Å². The molecule has 1 aliphatic heterocycles. The molecule has 3 nitrogen and oxygen atoms in total. The average Bonchev–Trinajstić information content (AvgIpc) is 2.08. The van der Waals surface area contributed by atoms with Crippen molar-refractivity contribution in [3.05, 3.63) is 0 Å². The number of hydrogen-bond acceptors (Lipinski definition) is 2. The van der Waals surface area contributed by atoms with Gasteiger partial charge < -0.3 is 0 Å². The molecule has 0 aliphatic carbocycles. The topological polar surface area (TPSA) is 48.2 Å². The first kappa shape index (κ1) is 7.02. The number of hydrogen-bond donors (Lipinski definition) is 0. The second-order valence-corrected chi connectivity index (χ2v) is 4.54. The van der Waals surface area contributed by atoms with E-state index in [1.54, 1.807) is 0 Å². The minimum atomic E-state index is -2.87. The molecular weight excluding hydrogens is 138 g/mol. The van der Waals surface area contributed by atoms with E-state index in [2.05, 4.69) is 5.32 Å². The second kappa shape index (κ2) is 2.27. The third kappa shape index (κ3) is 1.66. The van der Waals surface area contributed by atoms with Crippen molar-refractivity contribution in [1.29, 1.82) is 0 Å². The summed E-state index contributed by atoms with van der Waals surface area (Å²) in [6, 6.07) is 0. The molecule has 9 heavy (non-hydrogen) atoms. The zero-order valence-electron chi connectivity index (χ0n) is 5.37. The van der Waals surface area contributed by atoms with E-state index in [0.717, 1.165) is 19.4 Å². The molecule has 1 rings (SSSR count). The first-order chi connectivity index (χ1) is 4.11. The highest BCUT2D eigenvalue weighted by molar-refractivity contribution is 7.91. The van der Waals surface area contributed by atoms with E-state index in [0.29, 0.717) is 0 Å². The molecule has 0 saturated carbocycles. The van der Waals surface area contributed by atoms with E-state index in [9.17, 15) is 8.42 Å². The SMILES string of the molecule is CS(=O)(=O)C1CCC[N]1. The zero-order valence-corrected chi connectivity index (χ0v) is 6.19. The average molecular weight is 148 g/mol. The first-order valence-electron chi connectivity index (χ1n) is 2.96. The molecule has 0 bridgehead atoms. The van der Waals surface area contributed by atoms with Crippen molar-refractivity contribution in [2.45, 2.75) is 18.2 Å². The van der Waals surface area contributed by atoms with Crippen LogP contribution in [0.25, 0.3) is 0 Å². The van der Waals surface area contributed by atoms with Crippen molar-refractivity contribution in [2.24, 2.45) is 0 Å². The predicted octanol–water partition coefficient (Wildman–Crippen LogP) is -0.245. The van der Waals surface area contributed by atoms with Crippen LogP contribution in [-0.4, -0.2) is 26.6 Å². The van der Waals surface area contributed by atoms with Crippen molar-refractivity contribution in [2.75, 3.05) is 12.8 Å². The van der Waals surface area contributed by atoms with Gasteiger partial charge >= 0.3 is 0 Å². The lowest BCUT2D eigenvalue weighted by Crippen LogP contribution is -2.24. The van der Waals surface area contributed by atoms with E-state index >= 15 is 0 Å². The van der Waals surface area contributed by atoms with Gasteiger partial charge in [0.25, 0.3) is 0 Å². The second-order valence-electron chi connectivity index (χ2n) is 2.33. The van der Waals surface area contributed by atoms with Gasteiger partial charge in [-0.2, -0.15) is 0 Å². The van der Waals surface area contributed by atoms with Crippen LogP contribution in [0.5, 0.6) is 0 Å². The van der Waals surface area contributed by atoms with E-state index in [1.807, 2.05) is 0 Å². The molecule has 1 unspecified atom stereocenters. The molecule has 1 fully saturated rings. The lowest BCUT2D eigenvalue weighted by Gasteiger charge is -2.02. The molecule has 0 aromatic carbocycles. The maximum Gasteiger partial charge on any atom is 0.164 e. The van der Waals surface area contributed by atoms with Gasteiger partial charge in [-0.25, -0.2) is 13.7 Å². The Morgan fingerprint density at radius 2 is 2.22 bits per heavy atom. The predicted molar refractivity (Wildman–Crippen MR) is 34.9 cm³/mol. The Hall–Kier alpha value is -0.0900. The van der Waals surface area contributed by atoms with Gasteiger partial charge in [0.1, 0.15) is 5.37 Å². The molecule has 1 atom stereocenters. The summed E-state index contributed by atoms with van der Waals surface area (Å²) in [5.74, 6) is 0. The first-order valence-corrected chi connectivity index (χ1v) is 4.91. The fourth-order valence-corrected chi connectivity index (χ4v) is 1.91. The van der Waals surface area contributed by atoms with Crippen molar-refractivity contribution in [1.82, 2.24) is 5.32 Å². The molecule has 0 spiro atoms. The van der Waals surface area contributed by atoms with Gasteiger partial charge in [-0.15, -0.1) is 0 Å². The van der Waals surface area contributed by atoms with E-state index in [4.69, 9.17) is 0 Å². The Labute approximate surface area is 55.4 Å². The molecule has 0 amide bonds. The van der Waals surface area contributed by atoms with E-state index < -0.39 is 15.2 Å². The van der Waals surface area contributed by atoms with E-state index in [-0.39, 0.29) is 0 Å². The maximum absolute atomic E-state index is 10.7. The van der Waals surface area contributed by atoms with Crippen molar-refractivity contribution in [3.63, 3.8) is 0 Å². The third-order valence-electron chi connectivity index (χ3n) is 1.44. The molecule has 4 heteroatoms. The standard InChI is InChI=1S/C5H10NO2S/c1-9(7,8)5-3-2-4-6-5/h5H,2-4H2,1H3. The Bertz CT molecular complexity index is 179. The molecule has 1 radical (unpaired) electrons. The molecule has 1 aliphatic rings.